The molecule has 0 aliphatic rings. The molecule has 1 amide bonds. The average molecular weight is 261 g/mol. The molecule has 0 aliphatic heterocycles. The molecule has 2 aromatic rings. The molecule has 0 aliphatic carbocycles. The van der Waals surface area contributed by atoms with Crippen LogP contribution < -0.4 is 11.1 Å². The molecule has 0 saturated heterocycles. The molecule has 0 radical (unpaired) electrons. The molecule has 1 aromatic carbocycles. The highest BCUT2D eigenvalue weighted by Gasteiger charge is 2.08. The van der Waals surface area contributed by atoms with Crippen molar-refractivity contribution in [3.05, 3.63) is 35.2 Å². The molecule has 1 heterocycles. The molecule has 94 valence electrons. The molecule has 0 bridgehead atoms. The minimum absolute atomic E-state index is 0.0608. The lowest BCUT2D eigenvalue weighted by Gasteiger charge is -2.08. The number of nitrogens with one attached hydrogen (secondary N) is 1. The van der Waals surface area contributed by atoms with Gasteiger partial charge in [-0.2, -0.15) is 0 Å². The van der Waals surface area contributed by atoms with Gasteiger partial charge in [0.25, 0.3) is 5.91 Å². The number of hydrogen-bond donors (Lipinski definition) is 2. The summed E-state index contributed by atoms with van der Waals surface area (Å²) in [6.07, 6.45) is 0. The van der Waals surface area contributed by atoms with E-state index in [9.17, 15) is 4.79 Å². The summed E-state index contributed by atoms with van der Waals surface area (Å²) in [6, 6.07) is 7.48. The van der Waals surface area contributed by atoms with Gasteiger partial charge in [0.05, 0.1) is 5.69 Å². The standard InChI is InChI=1S/C13H15N3OS/c1-8(2)15-12(17)10-5-3-9(4-6-10)11-7-18-13(14)16-11/h3-8H,1-2H3,(H2,14,16)(H,15,17). The van der Waals surface area contributed by atoms with Crippen LogP contribution in [0.15, 0.2) is 29.6 Å². The molecule has 0 atom stereocenters. The number of anilines is 1. The molecule has 18 heavy (non-hydrogen) atoms. The summed E-state index contributed by atoms with van der Waals surface area (Å²) in [5.74, 6) is -0.0608. The van der Waals surface area contributed by atoms with E-state index in [1.165, 1.54) is 11.3 Å². The third kappa shape index (κ3) is 2.87. The Bertz CT molecular complexity index is 546. The number of hydrogen-bond acceptors (Lipinski definition) is 4. The summed E-state index contributed by atoms with van der Waals surface area (Å²) < 4.78 is 0. The first-order valence-corrected chi connectivity index (χ1v) is 6.56. The number of nitrogens with two attached hydrogens (primary N) is 1. The van der Waals surface area contributed by atoms with Crippen molar-refractivity contribution in [1.82, 2.24) is 10.3 Å². The fourth-order valence-corrected chi connectivity index (χ4v) is 2.13. The van der Waals surface area contributed by atoms with Crippen molar-refractivity contribution >= 4 is 22.4 Å². The van der Waals surface area contributed by atoms with E-state index in [0.717, 1.165) is 11.3 Å². The predicted octanol–water partition coefficient (Wildman–Crippen LogP) is 2.53. The van der Waals surface area contributed by atoms with Gasteiger partial charge in [0.1, 0.15) is 0 Å². The van der Waals surface area contributed by atoms with E-state index in [1.807, 2.05) is 31.4 Å². The highest BCUT2D eigenvalue weighted by atomic mass is 32.1. The second-order valence-corrected chi connectivity index (χ2v) is 5.17. The topological polar surface area (TPSA) is 68.0 Å². The third-order valence-electron chi connectivity index (χ3n) is 2.38. The van der Waals surface area contributed by atoms with E-state index in [0.29, 0.717) is 10.7 Å². The first-order chi connectivity index (χ1) is 8.56. The van der Waals surface area contributed by atoms with Crippen molar-refractivity contribution in [2.75, 3.05) is 5.73 Å². The molecule has 2 rings (SSSR count). The third-order valence-corrected chi connectivity index (χ3v) is 3.06. The van der Waals surface area contributed by atoms with E-state index < -0.39 is 0 Å². The van der Waals surface area contributed by atoms with Crippen LogP contribution in [-0.4, -0.2) is 16.9 Å². The maximum Gasteiger partial charge on any atom is 0.251 e. The van der Waals surface area contributed by atoms with Crippen molar-refractivity contribution in [1.29, 1.82) is 0 Å². The Balaban J connectivity index is 2.17. The maximum atomic E-state index is 11.8. The van der Waals surface area contributed by atoms with E-state index in [2.05, 4.69) is 10.3 Å². The highest BCUT2D eigenvalue weighted by Crippen LogP contribution is 2.23. The number of thiazole rings is 1. The zero-order valence-electron chi connectivity index (χ0n) is 10.3. The Morgan fingerprint density at radius 2 is 2.00 bits per heavy atom. The number of benzene rings is 1. The predicted molar refractivity (Wildman–Crippen MR) is 74.6 cm³/mol. The van der Waals surface area contributed by atoms with Gasteiger partial charge < -0.3 is 11.1 Å². The van der Waals surface area contributed by atoms with Crippen LogP contribution in [0.3, 0.4) is 0 Å². The van der Waals surface area contributed by atoms with Crippen LogP contribution in [-0.2, 0) is 0 Å². The van der Waals surface area contributed by atoms with Crippen LogP contribution in [0.25, 0.3) is 11.3 Å². The van der Waals surface area contributed by atoms with E-state index in [1.54, 1.807) is 12.1 Å². The molecular formula is C13H15N3OS. The summed E-state index contributed by atoms with van der Waals surface area (Å²) in [5, 5.41) is 5.30. The Labute approximate surface area is 110 Å². The minimum Gasteiger partial charge on any atom is -0.375 e. The lowest BCUT2D eigenvalue weighted by atomic mass is 10.1. The van der Waals surface area contributed by atoms with Gasteiger partial charge >= 0.3 is 0 Å². The van der Waals surface area contributed by atoms with E-state index in [4.69, 9.17) is 5.73 Å². The molecule has 0 unspecified atom stereocenters. The normalized spacial score (nSPS) is 10.6. The molecule has 0 spiro atoms. The molecule has 1 aromatic heterocycles. The van der Waals surface area contributed by atoms with Crippen LogP contribution in [0.1, 0.15) is 24.2 Å². The molecular weight excluding hydrogens is 246 g/mol. The Morgan fingerprint density at radius 1 is 1.33 bits per heavy atom. The number of aromatic nitrogens is 1. The van der Waals surface area contributed by atoms with Crippen LogP contribution in [0.2, 0.25) is 0 Å². The molecule has 3 N–H and O–H groups in total. The quantitative estimate of drug-likeness (QED) is 0.892. The Hall–Kier alpha value is -1.88. The van der Waals surface area contributed by atoms with Crippen LogP contribution >= 0.6 is 11.3 Å². The minimum atomic E-state index is -0.0608. The fourth-order valence-electron chi connectivity index (χ4n) is 1.56. The maximum absolute atomic E-state index is 11.8. The van der Waals surface area contributed by atoms with Gasteiger partial charge in [-0.25, -0.2) is 4.98 Å². The Morgan fingerprint density at radius 3 is 2.50 bits per heavy atom. The van der Waals surface area contributed by atoms with Crippen molar-refractivity contribution in [2.45, 2.75) is 19.9 Å². The smallest absolute Gasteiger partial charge is 0.251 e. The molecule has 0 saturated carbocycles. The van der Waals surface area contributed by atoms with Gasteiger partial charge in [0, 0.05) is 22.5 Å². The first-order valence-electron chi connectivity index (χ1n) is 5.68. The largest absolute Gasteiger partial charge is 0.375 e. The lowest BCUT2D eigenvalue weighted by Crippen LogP contribution is -2.29. The summed E-state index contributed by atoms with van der Waals surface area (Å²) in [4.78, 5) is 16.0. The number of amides is 1. The molecule has 0 fully saturated rings. The van der Waals surface area contributed by atoms with Crippen molar-refractivity contribution in [2.24, 2.45) is 0 Å². The zero-order valence-corrected chi connectivity index (χ0v) is 11.1. The van der Waals surface area contributed by atoms with Crippen LogP contribution in [0.4, 0.5) is 5.13 Å². The fraction of sp³-hybridized carbons (Fsp3) is 0.231. The summed E-state index contributed by atoms with van der Waals surface area (Å²) in [5.41, 5.74) is 8.04. The van der Waals surface area contributed by atoms with E-state index in [-0.39, 0.29) is 11.9 Å². The number of carbonyl (C=O) groups excluding carboxylic acids is 1. The summed E-state index contributed by atoms with van der Waals surface area (Å²) >= 11 is 1.41. The van der Waals surface area contributed by atoms with Crippen molar-refractivity contribution in [3.8, 4) is 11.3 Å². The molecule has 5 heteroatoms. The van der Waals surface area contributed by atoms with Gasteiger partial charge in [-0.05, 0) is 26.0 Å². The highest BCUT2D eigenvalue weighted by molar-refractivity contribution is 7.13. The van der Waals surface area contributed by atoms with Crippen LogP contribution in [0.5, 0.6) is 0 Å². The number of rotatable bonds is 3. The van der Waals surface area contributed by atoms with Gasteiger partial charge in [-0.3, -0.25) is 4.79 Å². The Kier molecular flexibility index (Phi) is 3.62. The number of carbonyl (C=O) groups is 1. The lowest BCUT2D eigenvalue weighted by molar-refractivity contribution is 0.0943. The second kappa shape index (κ2) is 5.18. The first kappa shape index (κ1) is 12.6. The van der Waals surface area contributed by atoms with Gasteiger partial charge in [-0.1, -0.05) is 12.1 Å². The molecule has 4 nitrogen and oxygen atoms in total. The number of nitrogen functional groups attached to an aromatic ring is 1. The SMILES string of the molecule is CC(C)NC(=O)c1ccc(-c2csc(N)n2)cc1. The van der Waals surface area contributed by atoms with Gasteiger partial charge in [0.15, 0.2) is 5.13 Å². The summed E-state index contributed by atoms with van der Waals surface area (Å²) in [7, 11) is 0. The second-order valence-electron chi connectivity index (χ2n) is 4.28. The number of nitrogens with zero attached hydrogens (tertiary/aromatic N) is 1. The average Bonchev–Trinajstić information content (AvgIpc) is 2.75. The summed E-state index contributed by atoms with van der Waals surface area (Å²) in [6.45, 7) is 3.87. The monoisotopic (exact) mass is 261 g/mol. The van der Waals surface area contributed by atoms with Gasteiger partial charge in [0.2, 0.25) is 0 Å². The van der Waals surface area contributed by atoms with E-state index >= 15 is 0 Å². The van der Waals surface area contributed by atoms with Crippen molar-refractivity contribution < 1.29 is 4.79 Å². The zero-order chi connectivity index (χ0) is 13.1. The van der Waals surface area contributed by atoms with Crippen molar-refractivity contribution in [3.63, 3.8) is 0 Å². The van der Waals surface area contributed by atoms with Crippen LogP contribution in [0, 0.1) is 0 Å². The van der Waals surface area contributed by atoms with Gasteiger partial charge in [-0.15, -0.1) is 11.3 Å².